The Bertz CT molecular complexity index is 657. The van der Waals surface area contributed by atoms with Gasteiger partial charge in [-0.15, -0.1) is 0 Å². The molecule has 1 unspecified atom stereocenters. The number of halogens is 1. The van der Waals surface area contributed by atoms with E-state index in [9.17, 15) is 4.39 Å². The van der Waals surface area contributed by atoms with Gasteiger partial charge in [0.2, 0.25) is 5.89 Å². The molecule has 7 nitrogen and oxygen atoms in total. The second-order valence-corrected chi connectivity index (χ2v) is 5.05. The van der Waals surface area contributed by atoms with Crippen molar-refractivity contribution in [2.24, 2.45) is 4.99 Å². The van der Waals surface area contributed by atoms with E-state index in [0.29, 0.717) is 37.4 Å². The third-order valence-electron chi connectivity index (χ3n) is 3.27. The minimum atomic E-state index is -0.255. The van der Waals surface area contributed by atoms with Crippen molar-refractivity contribution in [3.63, 3.8) is 0 Å². The van der Waals surface area contributed by atoms with Crippen molar-refractivity contribution in [3.8, 4) is 0 Å². The molecule has 1 heterocycles. The number of aliphatic imine (C=N–C) groups is 1. The Hall–Kier alpha value is -2.48. The van der Waals surface area contributed by atoms with Crippen molar-refractivity contribution < 1.29 is 13.7 Å². The smallest absolute Gasteiger partial charge is 0.246 e. The summed E-state index contributed by atoms with van der Waals surface area (Å²) in [5.74, 6) is 1.29. The summed E-state index contributed by atoms with van der Waals surface area (Å²) in [6.07, 6.45) is -0.205. The quantitative estimate of drug-likeness (QED) is 0.596. The summed E-state index contributed by atoms with van der Waals surface area (Å²) in [5, 5.41) is 10.1. The van der Waals surface area contributed by atoms with Crippen molar-refractivity contribution >= 4 is 5.96 Å². The Morgan fingerprint density at radius 2 is 2.00 bits per heavy atom. The zero-order valence-electron chi connectivity index (χ0n) is 14.0. The summed E-state index contributed by atoms with van der Waals surface area (Å²) < 4.78 is 23.5. The maximum absolute atomic E-state index is 12.9. The molecule has 1 aromatic heterocycles. The number of ether oxygens (including phenoxy) is 1. The van der Waals surface area contributed by atoms with Gasteiger partial charge in [-0.05, 0) is 31.5 Å². The summed E-state index contributed by atoms with van der Waals surface area (Å²) in [4.78, 5) is 8.39. The molecule has 0 aliphatic heterocycles. The molecule has 0 aliphatic carbocycles. The first-order valence-electron chi connectivity index (χ1n) is 7.75. The SMILES string of the molecule is CCOC(C)c1noc(CNC(=NC)NCc2ccc(F)cc2)n1. The molecule has 130 valence electrons. The summed E-state index contributed by atoms with van der Waals surface area (Å²) in [5.41, 5.74) is 0.949. The van der Waals surface area contributed by atoms with E-state index in [4.69, 9.17) is 9.26 Å². The molecule has 1 atom stereocenters. The highest BCUT2D eigenvalue weighted by Gasteiger charge is 2.13. The van der Waals surface area contributed by atoms with Gasteiger partial charge in [0.25, 0.3) is 0 Å². The van der Waals surface area contributed by atoms with Gasteiger partial charge in [-0.25, -0.2) is 4.39 Å². The Labute approximate surface area is 140 Å². The first-order chi connectivity index (χ1) is 11.6. The van der Waals surface area contributed by atoms with Gasteiger partial charge in [-0.1, -0.05) is 17.3 Å². The zero-order valence-corrected chi connectivity index (χ0v) is 14.0. The van der Waals surface area contributed by atoms with Crippen LogP contribution in [0.15, 0.2) is 33.8 Å². The second-order valence-electron chi connectivity index (χ2n) is 5.05. The molecule has 2 rings (SSSR count). The van der Waals surface area contributed by atoms with E-state index in [0.717, 1.165) is 5.56 Å². The van der Waals surface area contributed by atoms with Crippen molar-refractivity contribution in [2.45, 2.75) is 33.0 Å². The molecule has 0 fully saturated rings. The number of aromatic nitrogens is 2. The van der Waals surface area contributed by atoms with Crippen LogP contribution in [0.3, 0.4) is 0 Å². The molecule has 0 saturated carbocycles. The number of benzene rings is 1. The van der Waals surface area contributed by atoms with Crippen LogP contribution in [0.25, 0.3) is 0 Å². The minimum absolute atomic E-state index is 0.205. The van der Waals surface area contributed by atoms with E-state index in [1.807, 2.05) is 13.8 Å². The van der Waals surface area contributed by atoms with Gasteiger partial charge < -0.3 is 19.9 Å². The van der Waals surface area contributed by atoms with Crippen LogP contribution >= 0.6 is 0 Å². The molecular formula is C16H22FN5O2. The molecule has 0 amide bonds. The topological polar surface area (TPSA) is 84.6 Å². The van der Waals surface area contributed by atoms with Crippen molar-refractivity contribution in [2.75, 3.05) is 13.7 Å². The number of hydrogen-bond donors (Lipinski definition) is 2. The summed E-state index contributed by atoms with van der Waals surface area (Å²) >= 11 is 0. The van der Waals surface area contributed by atoms with Gasteiger partial charge in [0, 0.05) is 20.2 Å². The van der Waals surface area contributed by atoms with Crippen LogP contribution in [0.4, 0.5) is 4.39 Å². The zero-order chi connectivity index (χ0) is 17.4. The number of hydrogen-bond acceptors (Lipinski definition) is 5. The van der Waals surface area contributed by atoms with Gasteiger partial charge in [0.05, 0.1) is 6.54 Å². The van der Waals surface area contributed by atoms with Crippen LogP contribution in [0.1, 0.15) is 37.2 Å². The molecule has 2 aromatic rings. The van der Waals surface area contributed by atoms with Crippen molar-refractivity contribution in [1.82, 2.24) is 20.8 Å². The van der Waals surface area contributed by atoms with Crippen LogP contribution in [-0.4, -0.2) is 29.8 Å². The number of rotatable bonds is 7. The normalized spacial score (nSPS) is 12.9. The maximum Gasteiger partial charge on any atom is 0.246 e. The Kier molecular flexibility index (Phi) is 6.68. The second kappa shape index (κ2) is 8.97. The minimum Gasteiger partial charge on any atom is -0.371 e. The lowest BCUT2D eigenvalue weighted by molar-refractivity contribution is 0.0683. The molecule has 2 N–H and O–H groups in total. The predicted octanol–water partition coefficient (Wildman–Crippen LogP) is 2.17. The van der Waals surface area contributed by atoms with Crippen LogP contribution in [0.2, 0.25) is 0 Å². The molecule has 8 heteroatoms. The van der Waals surface area contributed by atoms with E-state index in [1.54, 1.807) is 19.2 Å². The molecule has 0 radical (unpaired) electrons. The highest BCUT2D eigenvalue weighted by Crippen LogP contribution is 2.12. The average Bonchev–Trinajstić information content (AvgIpc) is 3.06. The van der Waals surface area contributed by atoms with Gasteiger partial charge in [0.1, 0.15) is 11.9 Å². The highest BCUT2D eigenvalue weighted by atomic mass is 19.1. The lowest BCUT2D eigenvalue weighted by Crippen LogP contribution is -2.36. The molecule has 0 spiro atoms. The van der Waals surface area contributed by atoms with E-state index in [1.165, 1.54) is 12.1 Å². The summed E-state index contributed by atoms with van der Waals surface area (Å²) in [6.45, 7) is 5.24. The van der Waals surface area contributed by atoms with Crippen molar-refractivity contribution in [3.05, 3.63) is 47.4 Å². The number of nitrogens with one attached hydrogen (secondary N) is 2. The maximum atomic E-state index is 12.9. The lowest BCUT2D eigenvalue weighted by atomic mass is 10.2. The number of nitrogens with zero attached hydrogens (tertiary/aromatic N) is 3. The van der Waals surface area contributed by atoms with E-state index in [2.05, 4.69) is 25.8 Å². The fourth-order valence-corrected chi connectivity index (χ4v) is 2.00. The van der Waals surface area contributed by atoms with Crippen LogP contribution in [-0.2, 0) is 17.8 Å². The van der Waals surface area contributed by atoms with Crippen molar-refractivity contribution in [1.29, 1.82) is 0 Å². The van der Waals surface area contributed by atoms with E-state index >= 15 is 0 Å². The molecule has 0 saturated heterocycles. The predicted molar refractivity (Wildman–Crippen MR) is 87.8 cm³/mol. The molecule has 0 bridgehead atoms. The van der Waals surface area contributed by atoms with Gasteiger partial charge in [0.15, 0.2) is 11.8 Å². The van der Waals surface area contributed by atoms with E-state index in [-0.39, 0.29) is 11.9 Å². The first kappa shape index (κ1) is 17.9. The fourth-order valence-electron chi connectivity index (χ4n) is 2.00. The molecular weight excluding hydrogens is 313 g/mol. The van der Waals surface area contributed by atoms with Crippen LogP contribution in [0.5, 0.6) is 0 Å². The van der Waals surface area contributed by atoms with Gasteiger partial charge in [-0.2, -0.15) is 4.98 Å². The van der Waals surface area contributed by atoms with Gasteiger partial charge >= 0.3 is 0 Å². The average molecular weight is 335 g/mol. The van der Waals surface area contributed by atoms with Crippen LogP contribution < -0.4 is 10.6 Å². The monoisotopic (exact) mass is 335 g/mol. The van der Waals surface area contributed by atoms with Crippen LogP contribution in [0, 0.1) is 5.82 Å². The Balaban J connectivity index is 1.82. The Morgan fingerprint density at radius 3 is 2.67 bits per heavy atom. The molecule has 24 heavy (non-hydrogen) atoms. The summed E-state index contributed by atoms with van der Waals surface area (Å²) in [7, 11) is 1.66. The number of guanidine groups is 1. The van der Waals surface area contributed by atoms with E-state index < -0.39 is 0 Å². The summed E-state index contributed by atoms with van der Waals surface area (Å²) in [6, 6.07) is 6.28. The largest absolute Gasteiger partial charge is 0.371 e. The third-order valence-corrected chi connectivity index (χ3v) is 3.27. The fraction of sp³-hybridized carbons (Fsp3) is 0.438. The highest BCUT2D eigenvalue weighted by molar-refractivity contribution is 5.79. The molecule has 0 aliphatic rings. The third kappa shape index (κ3) is 5.31. The standard InChI is InChI=1S/C16H22FN5O2/c1-4-23-11(2)15-21-14(24-22-15)10-20-16(18-3)19-9-12-5-7-13(17)8-6-12/h5-8,11H,4,9-10H2,1-3H3,(H2,18,19,20). The molecule has 1 aromatic carbocycles. The lowest BCUT2D eigenvalue weighted by Gasteiger charge is -2.10. The Morgan fingerprint density at radius 1 is 1.29 bits per heavy atom. The van der Waals surface area contributed by atoms with Gasteiger partial charge in [-0.3, -0.25) is 4.99 Å². The first-order valence-corrected chi connectivity index (χ1v) is 7.75.